The average molecular weight is 291 g/mol. The first-order valence-corrected chi connectivity index (χ1v) is 6.35. The van der Waals surface area contributed by atoms with Crippen molar-refractivity contribution in [3.05, 3.63) is 58.9 Å². The first kappa shape index (κ1) is 14.2. The highest BCUT2D eigenvalue weighted by Gasteiger charge is 2.06. The van der Waals surface area contributed by atoms with Crippen LogP contribution >= 0.6 is 11.6 Å². The fraction of sp³-hybridized carbons (Fsp3) is 0.133. The van der Waals surface area contributed by atoms with Crippen molar-refractivity contribution < 1.29 is 9.13 Å². The summed E-state index contributed by atoms with van der Waals surface area (Å²) in [6, 6.07) is 13.7. The number of para-hydroxylation sites is 1. The molecule has 0 aliphatic heterocycles. The van der Waals surface area contributed by atoms with E-state index < -0.39 is 5.82 Å². The van der Waals surface area contributed by atoms with Crippen LogP contribution in [0, 0.1) is 17.1 Å². The van der Waals surface area contributed by atoms with Crippen molar-refractivity contribution in [3.8, 4) is 11.8 Å². The number of ether oxygens (including phenoxy) is 1. The van der Waals surface area contributed by atoms with Crippen molar-refractivity contribution in [1.82, 2.24) is 0 Å². The van der Waals surface area contributed by atoms with Gasteiger partial charge in [0, 0.05) is 6.54 Å². The Hall–Kier alpha value is -2.25. The van der Waals surface area contributed by atoms with Gasteiger partial charge < -0.3 is 10.1 Å². The third kappa shape index (κ3) is 3.62. The number of benzene rings is 2. The zero-order chi connectivity index (χ0) is 14.4. The Morgan fingerprint density at radius 2 is 2.05 bits per heavy atom. The number of nitriles is 1. The van der Waals surface area contributed by atoms with Crippen LogP contribution in [0.4, 0.5) is 10.1 Å². The van der Waals surface area contributed by atoms with Gasteiger partial charge in [0.25, 0.3) is 0 Å². The number of nitrogens with one attached hydrogen (secondary N) is 1. The fourth-order valence-electron chi connectivity index (χ4n) is 1.72. The monoisotopic (exact) mass is 290 g/mol. The molecular formula is C15H12ClFN2O. The number of nitrogens with zero attached hydrogens (tertiary/aromatic N) is 1. The topological polar surface area (TPSA) is 45.0 Å². The van der Waals surface area contributed by atoms with Crippen LogP contribution in [-0.4, -0.2) is 6.61 Å². The van der Waals surface area contributed by atoms with Crippen LogP contribution in [0.15, 0.2) is 42.5 Å². The second kappa shape index (κ2) is 6.78. The van der Waals surface area contributed by atoms with Gasteiger partial charge in [0.05, 0.1) is 10.7 Å². The number of hydrogen-bond acceptors (Lipinski definition) is 3. The van der Waals surface area contributed by atoms with Crippen LogP contribution in [0.2, 0.25) is 5.02 Å². The number of rotatable bonds is 5. The maximum Gasteiger partial charge on any atom is 0.174 e. The van der Waals surface area contributed by atoms with E-state index in [1.54, 1.807) is 24.3 Å². The van der Waals surface area contributed by atoms with Gasteiger partial charge in [-0.25, -0.2) is 4.39 Å². The van der Waals surface area contributed by atoms with Crippen LogP contribution < -0.4 is 10.1 Å². The van der Waals surface area contributed by atoms with Crippen molar-refractivity contribution in [2.24, 2.45) is 0 Å². The summed E-state index contributed by atoms with van der Waals surface area (Å²) in [4.78, 5) is 0. The molecule has 3 nitrogen and oxygen atoms in total. The van der Waals surface area contributed by atoms with Crippen LogP contribution in [0.25, 0.3) is 0 Å². The van der Waals surface area contributed by atoms with Crippen LogP contribution in [0.1, 0.15) is 5.56 Å². The van der Waals surface area contributed by atoms with Gasteiger partial charge in [-0.3, -0.25) is 0 Å². The Kier molecular flexibility index (Phi) is 4.80. The molecule has 0 fully saturated rings. The summed E-state index contributed by atoms with van der Waals surface area (Å²) >= 11 is 5.93. The number of anilines is 1. The minimum absolute atomic E-state index is 0.00394. The maximum atomic E-state index is 13.6. The first-order valence-electron chi connectivity index (χ1n) is 5.97. The maximum absolute atomic E-state index is 13.6. The molecule has 0 aliphatic carbocycles. The molecule has 0 aliphatic rings. The van der Waals surface area contributed by atoms with E-state index in [4.69, 9.17) is 21.6 Å². The molecule has 0 unspecified atom stereocenters. The second-order valence-corrected chi connectivity index (χ2v) is 4.45. The van der Waals surface area contributed by atoms with E-state index in [-0.39, 0.29) is 12.3 Å². The molecular weight excluding hydrogens is 279 g/mol. The molecule has 2 aromatic rings. The fourth-order valence-corrected chi connectivity index (χ4v) is 1.95. The summed E-state index contributed by atoms with van der Waals surface area (Å²) < 4.78 is 18.8. The molecule has 1 N–H and O–H groups in total. The van der Waals surface area contributed by atoms with Gasteiger partial charge >= 0.3 is 0 Å². The summed E-state index contributed by atoms with van der Waals surface area (Å²) in [5, 5.41) is 11.8. The summed E-state index contributed by atoms with van der Waals surface area (Å²) in [6.45, 7) is 0.403. The van der Waals surface area contributed by atoms with Crippen LogP contribution in [0.3, 0.4) is 0 Å². The Balaban J connectivity index is 2.06. The minimum atomic E-state index is -0.394. The van der Waals surface area contributed by atoms with E-state index >= 15 is 0 Å². The lowest BCUT2D eigenvalue weighted by atomic mass is 10.2. The summed E-state index contributed by atoms with van der Waals surface area (Å²) in [7, 11) is 0. The summed E-state index contributed by atoms with van der Waals surface area (Å²) in [6.07, 6.45) is 0. The van der Waals surface area contributed by atoms with Gasteiger partial charge in [-0.05, 0) is 29.8 Å². The molecule has 0 radical (unpaired) electrons. The van der Waals surface area contributed by atoms with Crippen molar-refractivity contribution in [2.45, 2.75) is 6.54 Å². The standard InChI is InChI=1S/C15H12ClFN2O/c16-13-5-2-6-14(17)15(13)19-10-11-3-1-4-12(9-11)20-8-7-18/h1-6,9,19H,8,10H2. The highest BCUT2D eigenvalue weighted by Crippen LogP contribution is 2.25. The normalized spacial score (nSPS) is 9.85. The SMILES string of the molecule is N#CCOc1cccc(CNc2c(F)cccc2Cl)c1. The Labute approximate surface area is 121 Å². The van der Waals surface area contributed by atoms with E-state index in [1.165, 1.54) is 6.07 Å². The molecule has 102 valence electrons. The molecule has 20 heavy (non-hydrogen) atoms. The molecule has 0 amide bonds. The molecule has 0 saturated heterocycles. The van der Waals surface area contributed by atoms with E-state index in [9.17, 15) is 4.39 Å². The molecule has 0 bridgehead atoms. The predicted octanol–water partition coefficient (Wildman–Crippen LogP) is 3.99. The predicted molar refractivity (Wildman–Crippen MR) is 76.3 cm³/mol. The third-order valence-electron chi connectivity index (χ3n) is 2.63. The van der Waals surface area contributed by atoms with Crippen molar-refractivity contribution in [3.63, 3.8) is 0 Å². The lowest BCUT2D eigenvalue weighted by molar-refractivity contribution is 0.368. The minimum Gasteiger partial charge on any atom is -0.479 e. The van der Waals surface area contributed by atoms with Gasteiger partial charge in [0.2, 0.25) is 0 Å². The molecule has 0 aromatic heterocycles. The largest absolute Gasteiger partial charge is 0.479 e. The zero-order valence-corrected chi connectivity index (χ0v) is 11.3. The lowest BCUT2D eigenvalue weighted by Crippen LogP contribution is -2.02. The van der Waals surface area contributed by atoms with Crippen LogP contribution in [-0.2, 0) is 6.54 Å². The molecule has 0 spiro atoms. The van der Waals surface area contributed by atoms with Gasteiger partial charge in [0.1, 0.15) is 17.6 Å². The Bertz CT molecular complexity index is 620. The molecule has 0 heterocycles. The highest BCUT2D eigenvalue weighted by atomic mass is 35.5. The average Bonchev–Trinajstić information content (AvgIpc) is 2.45. The van der Waals surface area contributed by atoms with Crippen molar-refractivity contribution >= 4 is 17.3 Å². The first-order chi connectivity index (χ1) is 9.70. The van der Waals surface area contributed by atoms with Crippen molar-refractivity contribution in [2.75, 3.05) is 11.9 Å². The quantitative estimate of drug-likeness (QED) is 0.905. The van der Waals surface area contributed by atoms with Gasteiger partial charge in [0.15, 0.2) is 6.61 Å². The Morgan fingerprint density at radius 3 is 2.80 bits per heavy atom. The zero-order valence-electron chi connectivity index (χ0n) is 10.6. The smallest absolute Gasteiger partial charge is 0.174 e. The van der Waals surface area contributed by atoms with Gasteiger partial charge in [-0.2, -0.15) is 5.26 Å². The Morgan fingerprint density at radius 1 is 1.25 bits per heavy atom. The third-order valence-corrected chi connectivity index (χ3v) is 2.95. The van der Waals surface area contributed by atoms with Crippen LogP contribution in [0.5, 0.6) is 5.75 Å². The van der Waals surface area contributed by atoms with E-state index in [1.807, 2.05) is 18.2 Å². The molecule has 0 saturated carbocycles. The second-order valence-electron chi connectivity index (χ2n) is 4.04. The van der Waals surface area contributed by atoms with E-state index in [2.05, 4.69) is 5.32 Å². The van der Waals surface area contributed by atoms with E-state index in [0.29, 0.717) is 17.3 Å². The van der Waals surface area contributed by atoms with Gasteiger partial charge in [-0.1, -0.05) is 29.8 Å². The van der Waals surface area contributed by atoms with Gasteiger partial charge in [-0.15, -0.1) is 0 Å². The lowest BCUT2D eigenvalue weighted by Gasteiger charge is -2.10. The summed E-state index contributed by atoms with van der Waals surface area (Å²) in [5.74, 6) is 0.208. The van der Waals surface area contributed by atoms with Crippen molar-refractivity contribution in [1.29, 1.82) is 5.26 Å². The van der Waals surface area contributed by atoms with E-state index in [0.717, 1.165) is 5.56 Å². The molecule has 0 atom stereocenters. The molecule has 5 heteroatoms. The number of halogens is 2. The number of hydrogen-bond donors (Lipinski definition) is 1. The molecule has 2 rings (SSSR count). The summed E-state index contributed by atoms with van der Waals surface area (Å²) in [5.41, 5.74) is 1.18. The molecule has 2 aromatic carbocycles. The highest BCUT2D eigenvalue weighted by molar-refractivity contribution is 6.33.